The van der Waals surface area contributed by atoms with E-state index >= 15 is 0 Å². The third kappa shape index (κ3) is 7.03. The van der Waals surface area contributed by atoms with Crippen LogP contribution in [-0.2, 0) is 27.4 Å². The number of rotatable bonds is 10. The van der Waals surface area contributed by atoms with Gasteiger partial charge in [-0.3, -0.25) is 4.79 Å². The first kappa shape index (κ1) is 29.4. The molecule has 0 amide bonds. The van der Waals surface area contributed by atoms with Gasteiger partial charge in [0.2, 0.25) is 5.78 Å². The largest absolute Gasteiger partial charge is 0.370 e. The maximum absolute atomic E-state index is 13.4. The van der Waals surface area contributed by atoms with E-state index < -0.39 is 12.2 Å². The van der Waals surface area contributed by atoms with Crippen LogP contribution in [0.25, 0.3) is 0 Å². The van der Waals surface area contributed by atoms with Gasteiger partial charge in [-0.2, -0.15) is 0 Å². The molecule has 5 rings (SSSR count). The summed E-state index contributed by atoms with van der Waals surface area (Å²) in [6.45, 7) is 5.09. The van der Waals surface area contributed by atoms with Gasteiger partial charge < -0.3 is 14.2 Å². The Morgan fingerprint density at radius 1 is 0.829 bits per heavy atom. The summed E-state index contributed by atoms with van der Waals surface area (Å²) in [4.78, 5) is 13.4. The first-order valence-electron chi connectivity index (χ1n) is 13.7. The Labute approximate surface area is 250 Å². The predicted molar refractivity (Wildman–Crippen MR) is 159 cm³/mol. The van der Waals surface area contributed by atoms with Crippen molar-refractivity contribution in [2.24, 2.45) is 5.92 Å². The van der Waals surface area contributed by atoms with Gasteiger partial charge in [0.05, 0.1) is 30.4 Å². The first-order chi connectivity index (χ1) is 19.9. The second-order valence-electron chi connectivity index (χ2n) is 10.2. The number of hydrogen-bond donors (Lipinski definition) is 0. The lowest BCUT2D eigenvalue weighted by Gasteiger charge is -2.46. The summed E-state index contributed by atoms with van der Waals surface area (Å²) in [7, 11) is 0. The highest BCUT2D eigenvalue weighted by Crippen LogP contribution is 2.41. The van der Waals surface area contributed by atoms with E-state index in [1.807, 2.05) is 54.6 Å². The molecular formula is C33H32Cl2N2O4. The summed E-state index contributed by atoms with van der Waals surface area (Å²) in [6, 6.07) is 28.5. The summed E-state index contributed by atoms with van der Waals surface area (Å²) >= 11 is 12.4. The number of ether oxygens (including phenoxy) is 3. The molecule has 1 aromatic heterocycles. The summed E-state index contributed by atoms with van der Waals surface area (Å²) < 4.78 is 20.0. The third-order valence-corrected chi connectivity index (χ3v) is 7.98. The van der Waals surface area contributed by atoms with Crippen molar-refractivity contribution in [1.82, 2.24) is 10.2 Å². The molecule has 1 aliphatic rings. The van der Waals surface area contributed by atoms with Crippen molar-refractivity contribution in [2.75, 3.05) is 0 Å². The van der Waals surface area contributed by atoms with Crippen LogP contribution in [0.3, 0.4) is 0 Å². The average molecular weight is 592 g/mol. The minimum Gasteiger partial charge on any atom is -0.370 e. The molecule has 1 unspecified atom stereocenters. The molecule has 1 aliphatic heterocycles. The van der Waals surface area contributed by atoms with E-state index in [9.17, 15) is 4.79 Å². The number of aromatic nitrogens is 2. The van der Waals surface area contributed by atoms with Crippen LogP contribution in [0.15, 0.2) is 91.0 Å². The zero-order chi connectivity index (χ0) is 28.8. The zero-order valence-corrected chi connectivity index (χ0v) is 24.5. The van der Waals surface area contributed by atoms with Crippen molar-refractivity contribution in [3.05, 3.63) is 129 Å². The minimum atomic E-state index is -0.499. The highest BCUT2D eigenvalue weighted by atomic mass is 35.5. The molecular weight excluding hydrogens is 559 g/mol. The van der Waals surface area contributed by atoms with Crippen LogP contribution >= 0.6 is 23.2 Å². The first-order valence-corrected chi connectivity index (χ1v) is 14.5. The van der Waals surface area contributed by atoms with Gasteiger partial charge in [0.25, 0.3) is 0 Å². The predicted octanol–water partition coefficient (Wildman–Crippen LogP) is 7.67. The molecule has 2 heterocycles. The number of hydrogen-bond acceptors (Lipinski definition) is 6. The number of carbonyl (C=O) groups is 1. The lowest BCUT2D eigenvalue weighted by Crippen LogP contribution is -2.51. The van der Waals surface area contributed by atoms with Crippen LogP contribution in [0.5, 0.6) is 0 Å². The molecule has 0 aliphatic carbocycles. The zero-order valence-electron chi connectivity index (χ0n) is 23.0. The Morgan fingerprint density at radius 3 is 2.05 bits per heavy atom. The molecule has 0 N–H and O–H groups in total. The van der Waals surface area contributed by atoms with Crippen molar-refractivity contribution < 1.29 is 19.0 Å². The maximum Gasteiger partial charge on any atom is 0.214 e. The lowest BCUT2D eigenvalue weighted by atomic mass is 9.84. The Hall–Kier alpha value is -3.13. The van der Waals surface area contributed by atoms with Crippen molar-refractivity contribution in [3.63, 3.8) is 0 Å². The number of nitrogens with zero attached hydrogens (tertiary/aromatic N) is 2. The van der Waals surface area contributed by atoms with Crippen LogP contribution in [0.2, 0.25) is 10.2 Å². The normalized spacial score (nSPS) is 22.4. The molecule has 0 spiro atoms. The maximum atomic E-state index is 13.4. The van der Waals surface area contributed by atoms with Gasteiger partial charge in [0, 0.05) is 11.5 Å². The summed E-state index contributed by atoms with van der Waals surface area (Å²) in [5, 5.41) is 8.27. The monoisotopic (exact) mass is 590 g/mol. The number of carbonyl (C=O) groups excluding carboxylic acids is 1. The molecule has 0 saturated carbocycles. The van der Waals surface area contributed by atoms with E-state index in [0.29, 0.717) is 23.8 Å². The molecule has 0 radical (unpaired) electrons. The summed E-state index contributed by atoms with van der Waals surface area (Å²) in [5.74, 6) is -0.283. The molecule has 3 aromatic carbocycles. The second kappa shape index (κ2) is 13.7. The number of halogens is 2. The minimum absolute atomic E-state index is 0.0680. The lowest BCUT2D eigenvalue weighted by molar-refractivity contribution is -0.234. The quantitative estimate of drug-likeness (QED) is 0.176. The van der Waals surface area contributed by atoms with Gasteiger partial charge in [-0.05, 0) is 47.4 Å². The van der Waals surface area contributed by atoms with E-state index in [2.05, 4.69) is 36.2 Å². The fourth-order valence-corrected chi connectivity index (χ4v) is 5.54. The van der Waals surface area contributed by atoms with E-state index in [4.69, 9.17) is 37.4 Å². The average Bonchev–Trinajstić information content (AvgIpc) is 3.01. The van der Waals surface area contributed by atoms with Gasteiger partial charge in [0.15, 0.2) is 5.15 Å². The molecule has 0 bridgehead atoms. The van der Waals surface area contributed by atoms with E-state index in [-0.39, 0.29) is 34.8 Å². The third-order valence-electron chi connectivity index (χ3n) is 7.45. The van der Waals surface area contributed by atoms with Crippen LogP contribution < -0.4 is 0 Å². The van der Waals surface area contributed by atoms with Crippen molar-refractivity contribution in [2.45, 2.75) is 57.9 Å². The van der Waals surface area contributed by atoms with Crippen LogP contribution in [-0.4, -0.2) is 34.3 Å². The van der Waals surface area contributed by atoms with Crippen LogP contribution in [0.1, 0.15) is 59.1 Å². The van der Waals surface area contributed by atoms with Crippen molar-refractivity contribution in [3.8, 4) is 0 Å². The van der Waals surface area contributed by atoms with Gasteiger partial charge >= 0.3 is 0 Å². The molecule has 1 saturated heterocycles. The highest BCUT2D eigenvalue weighted by Gasteiger charge is 2.45. The fourth-order valence-electron chi connectivity index (χ4n) is 5.24. The summed E-state index contributed by atoms with van der Waals surface area (Å²) in [6.07, 6.45) is -0.487. The van der Waals surface area contributed by atoms with E-state index in [1.54, 1.807) is 12.1 Å². The Bertz CT molecular complexity index is 1440. The molecule has 41 heavy (non-hydrogen) atoms. The second-order valence-corrected chi connectivity index (χ2v) is 11.0. The van der Waals surface area contributed by atoms with Crippen LogP contribution in [0.4, 0.5) is 0 Å². The molecule has 6 nitrogen and oxygen atoms in total. The number of benzene rings is 3. The molecule has 8 heteroatoms. The summed E-state index contributed by atoms with van der Waals surface area (Å²) in [5.41, 5.74) is 3.36. The van der Waals surface area contributed by atoms with Gasteiger partial charge in [-0.25, -0.2) is 0 Å². The Kier molecular flexibility index (Phi) is 9.80. The molecule has 212 valence electrons. The van der Waals surface area contributed by atoms with Crippen molar-refractivity contribution in [1.29, 1.82) is 0 Å². The van der Waals surface area contributed by atoms with Crippen molar-refractivity contribution >= 4 is 29.0 Å². The fraction of sp³-hybridized carbons (Fsp3) is 0.303. The van der Waals surface area contributed by atoms with Gasteiger partial charge in [-0.1, -0.05) is 104 Å². The SMILES string of the molecule is CC[C@H]1OC(c2ccc(Cl)c(C(=O)c3ccc(Cl)nn3)c2)[C@H](OCc2ccccc2)[C@@H](OCc2ccccc2)[C@@H]1C. The van der Waals surface area contributed by atoms with Crippen LogP contribution in [0, 0.1) is 5.92 Å². The molecule has 5 atom stereocenters. The Balaban J connectivity index is 1.49. The van der Waals surface area contributed by atoms with E-state index in [1.165, 1.54) is 12.1 Å². The standard InChI is InChI=1S/C33H32Cl2N2O4/c1-3-28-21(2)31(39-19-22-10-6-4-7-11-22)33(40-20-23-12-8-5-9-13-23)32(41-28)24-14-15-26(34)25(18-24)30(38)27-16-17-29(35)37-36-27/h4-18,21,28,31-33H,3,19-20H2,1-2H3/t21-,28-,31+,32?,33-/m1/s1. The number of ketones is 1. The molecule has 4 aromatic rings. The smallest absolute Gasteiger partial charge is 0.214 e. The highest BCUT2D eigenvalue weighted by molar-refractivity contribution is 6.35. The van der Waals surface area contributed by atoms with E-state index in [0.717, 1.165) is 23.1 Å². The molecule has 1 fully saturated rings. The van der Waals surface area contributed by atoms with Gasteiger partial charge in [-0.15, -0.1) is 10.2 Å². The Morgan fingerprint density at radius 2 is 1.46 bits per heavy atom. The van der Waals surface area contributed by atoms with Gasteiger partial charge in [0.1, 0.15) is 17.9 Å². The topological polar surface area (TPSA) is 70.5 Å².